The van der Waals surface area contributed by atoms with E-state index in [4.69, 9.17) is 4.42 Å². The average Bonchev–Trinajstić information content (AvgIpc) is 3.65. The normalized spacial score (nSPS) is 13.3. The molecular formula is C47H33NO. The van der Waals surface area contributed by atoms with E-state index >= 15 is 0 Å². The maximum absolute atomic E-state index is 6.90. The van der Waals surface area contributed by atoms with Crippen LogP contribution in [0.1, 0.15) is 25.0 Å². The highest BCUT2D eigenvalue weighted by atomic mass is 16.3. The molecule has 0 spiro atoms. The molecule has 0 bridgehead atoms. The molecule has 2 heteroatoms. The van der Waals surface area contributed by atoms with Crippen LogP contribution in [0.25, 0.3) is 65.7 Å². The Kier molecular flexibility index (Phi) is 5.95. The summed E-state index contributed by atoms with van der Waals surface area (Å²) in [5.74, 6) is 0. The first-order valence-electron chi connectivity index (χ1n) is 17.0. The Morgan fingerprint density at radius 1 is 0.388 bits per heavy atom. The highest BCUT2D eigenvalue weighted by Crippen LogP contribution is 2.55. The van der Waals surface area contributed by atoms with E-state index in [1.807, 2.05) is 0 Å². The molecule has 0 amide bonds. The van der Waals surface area contributed by atoms with Gasteiger partial charge < -0.3 is 9.32 Å². The monoisotopic (exact) mass is 627 g/mol. The summed E-state index contributed by atoms with van der Waals surface area (Å²) in [6.07, 6.45) is 0. The zero-order valence-corrected chi connectivity index (χ0v) is 27.4. The Morgan fingerprint density at radius 2 is 0.939 bits per heavy atom. The van der Waals surface area contributed by atoms with Gasteiger partial charge in [0.05, 0.1) is 17.1 Å². The van der Waals surface area contributed by atoms with Gasteiger partial charge in [-0.05, 0) is 57.3 Å². The fourth-order valence-electron chi connectivity index (χ4n) is 8.43. The second-order valence-electron chi connectivity index (χ2n) is 13.7. The van der Waals surface area contributed by atoms with E-state index in [2.05, 4.69) is 183 Å². The molecule has 10 rings (SSSR count). The van der Waals surface area contributed by atoms with Crippen molar-refractivity contribution in [3.8, 4) is 22.3 Å². The van der Waals surface area contributed by atoms with Crippen LogP contribution in [0, 0.1) is 0 Å². The van der Waals surface area contributed by atoms with Gasteiger partial charge in [0, 0.05) is 38.1 Å². The third-order valence-corrected chi connectivity index (χ3v) is 10.6. The highest BCUT2D eigenvalue weighted by molar-refractivity contribution is 6.18. The van der Waals surface area contributed by atoms with Gasteiger partial charge in [-0.1, -0.05) is 153 Å². The molecule has 1 aromatic heterocycles. The molecule has 2 nitrogen and oxygen atoms in total. The molecule has 0 N–H and O–H groups in total. The molecule has 49 heavy (non-hydrogen) atoms. The molecule has 9 aromatic rings. The van der Waals surface area contributed by atoms with Crippen LogP contribution in [0.5, 0.6) is 0 Å². The average molecular weight is 628 g/mol. The van der Waals surface area contributed by atoms with Crippen LogP contribution < -0.4 is 4.90 Å². The molecular weight excluding hydrogens is 595 g/mol. The topological polar surface area (TPSA) is 16.4 Å². The van der Waals surface area contributed by atoms with E-state index in [1.165, 1.54) is 44.1 Å². The third-order valence-electron chi connectivity index (χ3n) is 10.6. The van der Waals surface area contributed by atoms with Gasteiger partial charge in [-0.25, -0.2) is 0 Å². The van der Waals surface area contributed by atoms with Crippen LogP contribution in [-0.2, 0) is 5.41 Å². The Bertz CT molecular complexity index is 2760. The molecule has 0 fully saturated rings. The third kappa shape index (κ3) is 4.01. The largest absolute Gasteiger partial charge is 0.455 e. The van der Waals surface area contributed by atoms with Gasteiger partial charge in [-0.2, -0.15) is 0 Å². The number of fused-ring (bicyclic) bond motifs is 9. The smallest absolute Gasteiger partial charge is 0.143 e. The van der Waals surface area contributed by atoms with Crippen molar-refractivity contribution >= 4 is 60.5 Å². The lowest BCUT2D eigenvalue weighted by atomic mass is 9.81. The van der Waals surface area contributed by atoms with Gasteiger partial charge in [-0.15, -0.1) is 0 Å². The molecule has 0 aliphatic heterocycles. The summed E-state index contributed by atoms with van der Waals surface area (Å²) in [6.45, 7) is 4.74. The maximum atomic E-state index is 6.90. The molecule has 0 saturated carbocycles. The fraction of sp³-hybridized carbons (Fsp3) is 0.0638. The van der Waals surface area contributed by atoms with Crippen molar-refractivity contribution in [1.29, 1.82) is 0 Å². The second-order valence-corrected chi connectivity index (χ2v) is 13.7. The van der Waals surface area contributed by atoms with Crippen LogP contribution in [0.3, 0.4) is 0 Å². The van der Waals surface area contributed by atoms with Crippen LogP contribution in [-0.4, -0.2) is 0 Å². The lowest BCUT2D eigenvalue weighted by molar-refractivity contribution is 0.661. The summed E-state index contributed by atoms with van der Waals surface area (Å²) < 4.78 is 6.90. The number of nitrogens with zero attached hydrogens (tertiary/aromatic N) is 1. The van der Waals surface area contributed by atoms with Crippen molar-refractivity contribution in [2.45, 2.75) is 19.3 Å². The van der Waals surface area contributed by atoms with Gasteiger partial charge >= 0.3 is 0 Å². The van der Waals surface area contributed by atoms with Gasteiger partial charge in [0.2, 0.25) is 0 Å². The first-order chi connectivity index (χ1) is 24.1. The first kappa shape index (κ1) is 27.9. The van der Waals surface area contributed by atoms with E-state index in [9.17, 15) is 0 Å². The summed E-state index contributed by atoms with van der Waals surface area (Å²) in [5, 5.41) is 7.00. The zero-order chi connectivity index (χ0) is 32.7. The van der Waals surface area contributed by atoms with Crippen molar-refractivity contribution in [3.05, 3.63) is 175 Å². The molecule has 1 aliphatic carbocycles. The Morgan fingerprint density at radius 3 is 1.82 bits per heavy atom. The van der Waals surface area contributed by atoms with Crippen LogP contribution in [0.4, 0.5) is 17.1 Å². The molecule has 1 aliphatic rings. The predicted octanol–water partition coefficient (Wildman–Crippen LogP) is 13.3. The number of furan rings is 1. The van der Waals surface area contributed by atoms with Crippen molar-refractivity contribution in [2.24, 2.45) is 0 Å². The van der Waals surface area contributed by atoms with Gasteiger partial charge in [0.1, 0.15) is 11.2 Å². The SMILES string of the molecule is CC1(C)c2ccccc2-c2cccc(N(c3ccccc3-c3cccc4c3oc3c5ccccc5ccc43)c3cccc4ccccc34)c21. The van der Waals surface area contributed by atoms with Crippen LogP contribution >= 0.6 is 0 Å². The molecule has 8 aromatic carbocycles. The summed E-state index contributed by atoms with van der Waals surface area (Å²) in [5.41, 5.74) is 12.6. The van der Waals surface area contributed by atoms with Crippen molar-refractivity contribution in [2.75, 3.05) is 4.90 Å². The van der Waals surface area contributed by atoms with Crippen molar-refractivity contribution < 1.29 is 4.42 Å². The number of benzene rings is 8. The molecule has 232 valence electrons. The number of anilines is 3. The van der Waals surface area contributed by atoms with E-state index in [0.717, 1.165) is 49.8 Å². The number of hydrogen-bond acceptors (Lipinski definition) is 2. The Hall–Kier alpha value is -6.12. The number of para-hydroxylation sites is 2. The van der Waals surface area contributed by atoms with Crippen LogP contribution in [0.2, 0.25) is 0 Å². The quantitative estimate of drug-likeness (QED) is 0.193. The van der Waals surface area contributed by atoms with Crippen molar-refractivity contribution in [1.82, 2.24) is 0 Å². The summed E-state index contributed by atoms with van der Waals surface area (Å²) in [6, 6.07) is 59.3. The molecule has 0 unspecified atom stereocenters. The standard InChI is InChI=1S/C47H33NO/c1-47(2)40-24-9-7-19-34(40)36-21-13-27-43(44(36)47)48(41-26-11-16-30-14-3-5-17-32(30)41)42-25-10-8-20-35(42)37-22-12-23-38-39-29-28-31-15-4-6-18-33(31)45(39)49-46(37)38/h3-29H,1-2H3. The van der Waals surface area contributed by atoms with Gasteiger partial charge in [-0.3, -0.25) is 0 Å². The van der Waals surface area contributed by atoms with E-state index in [-0.39, 0.29) is 5.41 Å². The van der Waals surface area contributed by atoms with Crippen LogP contribution in [0.15, 0.2) is 168 Å². The van der Waals surface area contributed by atoms with Gasteiger partial charge in [0.25, 0.3) is 0 Å². The van der Waals surface area contributed by atoms with E-state index < -0.39 is 0 Å². The van der Waals surface area contributed by atoms with Gasteiger partial charge in [0.15, 0.2) is 0 Å². The summed E-state index contributed by atoms with van der Waals surface area (Å²) in [7, 11) is 0. The Balaban J connectivity index is 1.29. The van der Waals surface area contributed by atoms with E-state index in [0.29, 0.717) is 0 Å². The first-order valence-corrected chi connectivity index (χ1v) is 17.0. The van der Waals surface area contributed by atoms with E-state index in [1.54, 1.807) is 0 Å². The Labute approximate surface area is 285 Å². The lowest BCUT2D eigenvalue weighted by Gasteiger charge is -2.34. The molecule has 0 saturated heterocycles. The minimum atomic E-state index is -0.194. The highest BCUT2D eigenvalue weighted by Gasteiger charge is 2.39. The number of hydrogen-bond donors (Lipinski definition) is 0. The molecule has 0 atom stereocenters. The second kappa shape index (κ2) is 10.4. The minimum Gasteiger partial charge on any atom is -0.455 e. The molecule has 0 radical (unpaired) electrons. The zero-order valence-electron chi connectivity index (χ0n) is 27.4. The fourth-order valence-corrected chi connectivity index (χ4v) is 8.43. The van der Waals surface area contributed by atoms with Crippen molar-refractivity contribution in [3.63, 3.8) is 0 Å². The predicted molar refractivity (Wildman–Crippen MR) is 206 cm³/mol. The number of rotatable bonds is 4. The summed E-state index contributed by atoms with van der Waals surface area (Å²) in [4.78, 5) is 2.50. The minimum absolute atomic E-state index is 0.194. The lowest BCUT2D eigenvalue weighted by Crippen LogP contribution is -2.21. The summed E-state index contributed by atoms with van der Waals surface area (Å²) >= 11 is 0. The molecule has 1 heterocycles. The maximum Gasteiger partial charge on any atom is 0.143 e.